The first-order valence-corrected chi connectivity index (χ1v) is 11.9. The fourth-order valence-corrected chi connectivity index (χ4v) is 5.10. The minimum Gasteiger partial charge on any atom is -0.361 e. The molecule has 1 unspecified atom stereocenters. The summed E-state index contributed by atoms with van der Waals surface area (Å²) >= 11 is 0. The zero-order valence-corrected chi connectivity index (χ0v) is 19.4. The number of rotatable bonds is 8. The molecular weight excluding hydrogens is 441 g/mol. The number of aryl methyl sites for hydroxylation is 1. The van der Waals surface area contributed by atoms with Crippen LogP contribution in [0.1, 0.15) is 40.3 Å². The van der Waals surface area contributed by atoms with Crippen molar-refractivity contribution >= 4 is 22.9 Å². The number of para-hydroxylation sites is 1. The second-order valence-corrected chi connectivity index (χ2v) is 8.99. The first-order chi connectivity index (χ1) is 17.1. The number of fused-ring (bicyclic) bond motifs is 2. The van der Waals surface area contributed by atoms with Crippen molar-refractivity contribution in [1.29, 1.82) is 0 Å². The Morgan fingerprint density at radius 1 is 1.11 bits per heavy atom. The molecular formula is C29H28FN3O2. The fourth-order valence-electron chi connectivity index (χ4n) is 5.10. The lowest BCUT2D eigenvalue weighted by Crippen LogP contribution is -2.29. The maximum atomic E-state index is 14.6. The topological polar surface area (TPSA) is 68.4 Å². The van der Waals surface area contributed by atoms with E-state index in [2.05, 4.69) is 46.4 Å². The Bertz CT molecular complexity index is 1380. The van der Waals surface area contributed by atoms with Gasteiger partial charge in [-0.1, -0.05) is 54.6 Å². The molecule has 4 aromatic rings. The minimum atomic E-state index is -0.559. The largest absolute Gasteiger partial charge is 0.361 e. The van der Waals surface area contributed by atoms with Crippen molar-refractivity contribution in [3.63, 3.8) is 0 Å². The molecule has 1 heterocycles. The van der Waals surface area contributed by atoms with Gasteiger partial charge in [0.05, 0.1) is 0 Å². The van der Waals surface area contributed by atoms with Crippen LogP contribution in [0.4, 0.5) is 4.39 Å². The number of aromatic nitrogens is 1. The van der Waals surface area contributed by atoms with E-state index in [-0.39, 0.29) is 11.9 Å². The number of hydrogen-bond donors (Lipinski definition) is 3. The van der Waals surface area contributed by atoms with Crippen molar-refractivity contribution in [3.05, 3.63) is 113 Å². The number of halogens is 1. The summed E-state index contributed by atoms with van der Waals surface area (Å²) in [7, 11) is 0. The summed E-state index contributed by atoms with van der Waals surface area (Å²) in [4.78, 5) is 17.1. The Balaban J connectivity index is 1.41. The van der Waals surface area contributed by atoms with Crippen molar-refractivity contribution in [1.82, 2.24) is 15.4 Å². The summed E-state index contributed by atoms with van der Waals surface area (Å²) in [5, 5.41) is 9.93. The average Bonchev–Trinajstić information content (AvgIpc) is 3.50. The molecule has 0 fully saturated rings. The van der Waals surface area contributed by atoms with Crippen LogP contribution >= 0.6 is 0 Å². The van der Waals surface area contributed by atoms with Gasteiger partial charge in [-0.15, -0.1) is 0 Å². The zero-order valence-electron chi connectivity index (χ0n) is 19.4. The maximum absolute atomic E-state index is 14.6. The molecule has 1 amide bonds. The molecule has 1 aromatic heterocycles. The van der Waals surface area contributed by atoms with Gasteiger partial charge in [-0.3, -0.25) is 14.9 Å². The Kier molecular flexibility index (Phi) is 6.75. The van der Waals surface area contributed by atoms with Gasteiger partial charge in [0.2, 0.25) is 0 Å². The molecule has 0 bridgehead atoms. The van der Waals surface area contributed by atoms with E-state index in [1.165, 1.54) is 34.2 Å². The molecule has 0 spiro atoms. The van der Waals surface area contributed by atoms with Crippen LogP contribution in [-0.2, 0) is 24.2 Å². The standard InChI is InChI=1S/C29H28FN3O2/c30-26-7-3-1-5-23(26)19-33(16-15-22-18-31-27-8-4-2-6-24(22)27)28-13-11-21-17-20(9-12-25(21)28)10-14-29(34)32-35/h1-10,12,14,17-18,28,31,35H,11,13,15-16,19H2,(H,32,34). The van der Waals surface area contributed by atoms with Gasteiger partial charge in [0.15, 0.2) is 0 Å². The quantitative estimate of drug-likeness (QED) is 0.180. The lowest BCUT2D eigenvalue weighted by atomic mass is 10.0. The summed E-state index contributed by atoms with van der Waals surface area (Å²) in [6, 6.07) is 21.7. The third-order valence-corrected chi connectivity index (χ3v) is 6.87. The third kappa shape index (κ3) is 5.04. The SMILES string of the molecule is O=C(C=Cc1ccc2c(c1)CCC2N(CCc1c[nH]c2ccccc12)Cc1ccccc1F)NO. The lowest BCUT2D eigenvalue weighted by Gasteiger charge is -2.30. The van der Waals surface area contributed by atoms with Crippen LogP contribution in [0.3, 0.4) is 0 Å². The number of amides is 1. The fraction of sp³-hybridized carbons (Fsp3) is 0.207. The average molecular weight is 470 g/mol. The van der Waals surface area contributed by atoms with Crippen molar-refractivity contribution in [2.24, 2.45) is 0 Å². The zero-order chi connectivity index (χ0) is 24.2. The van der Waals surface area contributed by atoms with Crippen molar-refractivity contribution < 1.29 is 14.4 Å². The summed E-state index contributed by atoms with van der Waals surface area (Å²) in [6.45, 7) is 1.34. The number of carbonyl (C=O) groups is 1. The Labute approximate surface area is 203 Å². The van der Waals surface area contributed by atoms with Gasteiger partial charge in [0, 0.05) is 47.9 Å². The predicted molar refractivity (Wildman–Crippen MR) is 135 cm³/mol. The van der Waals surface area contributed by atoms with E-state index in [0.29, 0.717) is 12.1 Å². The number of aromatic amines is 1. The smallest absolute Gasteiger partial charge is 0.267 e. The van der Waals surface area contributed by atoms with E-state index in [9.17, 15) is 9.18 Å². The van der Waals surface area contributed by atoms with Gasteiger partial charge in [0.1, 0.15) is 5.82 Å². The van der Waals surface area contributed by atoms with Gasteiger partial charge < -0.3 is 4.98 Å². The molecule has 0 radical (unpaired) electrons. The van der Waals surface area contributed by atoms with Gasteiger partial charge in [-0.05, 0) is 59.7 Å². The second kappa shape index (κ2) is 10.3. The molecule has 0 saturated heterocycles. The molecule has 5 nitrogen and oxygen atoms in total. The lowest BCUT2D eigenvalue weighted by molar-refractivity contribution is -0.124. The highest BCUT2D eigenvalue weighted by Crippen LogP contribution is 2.37. The van der Waals surface area contributed by atoms with Crippen LogP contribution in [0.25, 0.3) is 17.0 Å². The van der Waals surface area contributed by atoms with Crippen LogP contribution < -0.4 is 5.48 Å². The van der Waals surface area contributed by atoms with Crippen molar-refractivity contribution in [2.45, 2.75) is 31.8 Å². The van der Waals surface area contributed by atoms with Crippen molar-refractivity contribution in [2.75, 3.05) is 6.54 Å². The van der Waals surface area contributed by atoms with Gasteiger partial charge in [-0.25, -0.2) is 9.87 Å². The van der Waals surface area contributed by atoms with E-state index in [1.807, 2.05) is 24.3 Å². The monoisotopic (exact) mass is 469 g/mol. The van der Waals surface area contributed by atoms with Crippen molar-refractivity contribution in [3.8, 4) is 0 Å². The molecule has 35 heavy (non-hydrogen) atoms. The van der Waals surface area contributed by atoms with Gasteiger partial charge >= 0.3 is 0 Å². The number of H-pyrrole nitrogens is 1. The maximum Gasteiger partial charge on any atom is 0.267 e. The highest BCUT2D eigenvalue weighted by Gasteiger charge is 2.28. The second-order valence-electron chi connectivity index (χ2n) is 8.99. The number of hydrogen-bond acceptors (Lipinski definition) is 3. The predicted octanol–water partition coefficient (Wildman–Crippen LogP) is 5.56. The highest BCUT2D eigenvalue weighted by atomic mass is 19.1. The molecule has 3 aromatic carbocycles. The molecule has 1 aliphatic rings. The Morgan fingerprint density at radius 2 is 1.94 bits per heavy atom. The van der Waals surface area contributed by atoms with Crippen LogP contribution in [0.2, 0.25) is 0 Å². The van der Waals surface area contributed by atoms with Crippen LogP contribution in [0.5, 0.6) is 0 Å². The Morgan fingerprint density at radius 3 is 2.80 bits per heavy atom. The van der Waals surface area contributed by atoms with Gasteiger partial charge in [0.25, 0.3) is 5.91 Å². The van der Waals surface area contributed by atoms with E-state index >= 15 is 0 Å². The van der Waals surface area contributed by atoms with E-state index < -0.39 is 5.91 Å². The first-order valence-electron chi connectivity index (χ1n) is 11.9. The van der Waals surface area contributed by atoms with E-state index in [0.717, 1.165) is 36.9 Å². The first kappa shape index (κ1) is 23.0. The molecule has 178 valence electrons. The summed E-state index contributed by atoms with van der Waals surface area (Å²) in [5.41, 5.74) is 8.11. The normalized spacial score (nSPS) is 15.2. The number of hydroxylamine groups is 1. The molecule has 0 saturated carbocycles. The summed E-state index contributed by atoms with van der Waals surface area (Å²) in [6.07, 6.45) is 7.82. The highest BCUT2D eigenvalue weighted by molar-refractivity contribution is 5.90. The summed E-state index contributed by atoms with van der Waals surface area (Å²) in [5.74, 6) is -0.734. The van der Waals surface area contributed by atoms with Gasteiger partial charge in [-0.2, -0.15) is 0 Å². The summed E-state index contributed by atoms with van der Waals surface area (Å²) < 4.78 is 14.6. The van der Waals surface area contributed by atoms with E-state index in [4.69, 9.17) is 5.21 Å². The molecule has 5 rings (SSSR count). The Hall–Kier alpha value is -3.74. The molecule has 0 aliphatic heterocycles. The number of nitrogens with one attached hydrogen (secondary N) is 2. The molecule has 3 N–H and O–H groups in total. The molecule has 1 aliphatic carbocycles. The minimum absolute atomic E-state index is 0.176. The molecule has 6 heteroatoms. The number of carbonyl (C=O) groups excluding carboxylic acids is 1. The molecule has 1 atom stereocenters. The third-order valence-electron chi connectivity index (χ3n) is 6.87. The number of benzene rings is 3. The van der Waals surface area contributed by atoms with Crippen LogP contribution in [-0.4, -0.2) is 27.5 Å². The van der Waals surface area contributed by atoms with Crippen LogP contribution in [0.15, 0.2) is 79.0 Å². The number of nitrogens with zero attached hydrogens (tertiary/aromatic N) is 1. The van der Waals surface area contributed by atoms with Crippen LogP contribution in [0, 0.1) is 5.82 Å². The van der Waals surface area contributed by atoms with E-state index in [1.54, 1.807) is 17.6 Å².